The van der Waals surface area contributed by atoms with Crippen LogP contribution >= 0.6 is 0 Å². The summed E-state index contributed by atoms with van der Waals surface area (Å²) < 4.78 is 5.28. The Morgan fingerprint density at radius 1 is 1.33 bits per heavy atom. The van der Waals surface area contributed by atoms with E-state index in [1.165, 1.54) is 0 Å². The van der Waals surface area contributed by atoms with Crippen LogP contribution in [-0.4, -0.2) is 49.5 Å². The molecule has 1 unspecified atom stereocenters. The minimum Gasteiger partial charge on any atom is -0.497 e. The summed E-state index contributed by atoms with van der Waals surface area (Å²) in [5, 5.41) is 0. The lowest BCUT2D eigenvalue weighted by Crippen LogP contribution is -2.56. The highest BCUT2D eigenvalue weighted by Crippen LogP contribution is 2.26. The first-order valence-electron chi connectivity index (χ1n) is 8.37. The molecule has 0 radical (unpaired) electrons. The van der Waals surface area contributed by atoms with E-state index in [-0.39, 0.29) is 24.3 Å². The van der Waals surface area contributed by atoms with Crippen LogP contribution in [-0.2, 0) is 9.59 Å². The van der Waals surface area contributed by atoms with Gasteiger partial charge in [-0.25, -0.2) is 0 Å². The normalized spacial score (nSPS) is 17.9. The molecule has 1 atom stereocenters. The molecule has 1 aromatic carbocycles. The lowest BCUT2D eigenvalue weighted by atomic mass is 10.0. The second-order valence-electron chi connectivity index (χ2n) is 6.66. The quantitative estimate of drug-likeness (QED) is 0.858. The van der Waals surface area contributed by atoms with Crippen LogP contribution in [0.25, 0.3) is 0 Å². The SMILES string of the molecule is COc1cccc(N2CCN(C(=O)CC(C)C)CC2CC(N)=O)c1. The predicted octanol–water partition coefficient (Wildman–Crippen LogP) is 1.63. The minimum absolute atomic E-state index is 0.112. The van der Waals surface area contributed by atoms with Gasteiger partial charge in [0.1, 0.15) is 5.75 Å². The number of anilines is 1. The number of hydrogen-bond donors (Lipinski definition) is 1. The highest BCUT2D eigenvalue weighted by molar-refractivity contribution is 5.78. The van der Waals surface area contributed by atoms with Gasteiger partial charge in [-0.1, -0.05) is 19.9 Å². The van der Waals surface area contributed by atoms with E-state index in [1.54, 1.807) is 7.11 Å². The number of carbonyl (C=O) groups excluding carboxylic acids is 2. The van der Waals surface area contributed by atoms with Crippen LogP contribution in [0.1, 0.15) is 26.7 Å². The van der Waals surface area contributed by atoms with Crippen LogP contribution in [0.5, 0.6) is 5.75 Å². The predicted molar refractivity (Wildman–Crippen MR) is 94.0 cm³/mol. The molecule has 24 heavy (non-hydrogen) atoms. The molecule has 6 heteroatoms. The molecule has 132 valence electrons. The zero-order valence-electron chi connectivity index (χ0n) is 14.7. The van der Waals surface area contributed by atoms with Crippen molar-refractivity contribution in [2.75, 3.05) is 31.6 Å². The zero-order chi connectivity index (χ0) is 17.7. The highest BCUT2D eigenvalue weighted by atomic mass is 16.5. The lowest BCUT2D eigenvalue weighted by Gasteiger charge is -2.42. The van der Waals surface area contributed by atoms with E-state index in [9.17, 15) is 9.59 Å². The summed E-state index contributed by atoms with van der Waals surface area (Å²) in [4.78, 5) is 27.8. The summed E-state index contributed by atoms with van der Waals surface area (Å²) >= 11 is 0. The summed E-state index contributed by atoms with van der Waals surface area (Å²) in [6.07, 6.45) is 0.755. The van der Waals surface area contributed by atoms with Gasteiger partial charge in [0.25, 0.3) is 0 Å². The number of hydrogen-bond acceptors (Lipinski definition) is 4. The van der Waals surface area contributed by atoms with Crippen molar-refractivity contribution in [1.82, 2.24) is 4.90 Å². The first-order valence-corrected chi connectivity index (χ1v) is 8.37. The van der Waals surface area contributed by atoms with Gasteiger partial charge in [0, 0.05) is 44.2 Å². The Balaban J connectivity index is 2.16. The zero-order valence-corrected chi connectivity index (χ0v) is 14.7. The molecule has 1 fully saturated rings. The van der Waals surface area contributed by atoms with Gasteiger partial charge in [0.2, 0.25) is 11.8 Å². The molecule has 1 saturated heterocycles. The van der Waals surface area contributed by atoms with Crippen LogP contribution in [0.15, 0.2) is 24.3 Å². The van der Waals surface area contributed by atoms with Gasteiger partial charge in [0.05, 0.1) is 13.2 Å². The van der Waals surface area contributed by atoms with Gasteiger partial charge in [-0.05, 0) is 18.1 Å². The van der Waals surface area contributed by atoms with Crippen molar-refractivity contribution in [3.63, 3.8) is 0 Å². The van der Waals surface area contributed by atoms with Crippen LogP contribution in [0, 0.1) is 5.92 Å². The molecule has 0 spiro atoms. The van der Waals surface area contributed by atoms with E-state index in [2.05, 4.69) is 4.90 Å². The summed E-state index contributed by atoms with van der Waals surface area (Å²) in [5.74, 6) is 0.878. The number of benzene rings is 1. The van der Waals surface area contributed by atoms with Gasteiger partial charge < -0.3 is 20.3 Å². The van der Waals surface area contributed by atoms with Gasteiger partial charge in [0.15, 0.2) is 0 Å². The molecule has 1 aliphatic rings. The average Bonchev–Trinajstić information content (AvgIpc) is 2.53. The largest absolute Gasteiger partial charge is 0.497 e. The Hall–Kier alpha value is -2.24. The number of nitrogens with zero attached hydrogens (tertiary/aromatic N) is 2. The Labute approximate surface area is 143 Å². The fourth-order valence-electron chi connectivity index (χ4n) is 3.10. The van der Waals surface area contributed by atoms with Crippen LogP contribution in [0.3, 0.4) is 0 Å². The molecule has 2 amide bonds. The molecular formula is C18H27N3O3. The standard InChI is InChI=1S/C18H27N3O3/c1-13(2)9-18(23)20-7-8-21(15(12-20)11-17(19)22)14-5-4-6-16(10-14)24-3/h4-6,10,13,15H,7-9,11-12H2,1-3H3,(H2,19,22). The Bertz CT molecular complexity index is 589. The molecule has 1 aliphatic heterocycles. The second-order valence-corrected chi connectivity index (χ2v) is 6.66. The number of piperazine rings is 1. The maximum Gasteiger partial charge on any atom is 0.222 e. The monoisotopic (exact) mass is 333 g/mol. The van der Waals surface area contributed by atoms with Crippen molar-refractivity contribution in [3.05, 3.63) is 24.3 Å². The molecule has 1 heterocycles. The van der Waals surface area contributed by atoms with Crippen molar-refractivity contribution in [3.8, 4) is 5.75 Å². The average molecular weight is 333 g/mol. The van der Waals surface area contributed by atoms with Crippen molar-refractivity contribution >= 4 is 17.5 Å². The van der Waals surface area contributed by atoms with Crippen molar-refractivity contribution < 1.29 is 14.3 Å². The molecule has 2 rings (SSSR count). The van der Waals surface area contributed by atoms with E-state index < -0.39 is 0 Å². The van der Waals surface area contributed by atoms with Crippen molar-refractivity contribution in [2.24, 2.45) is 11.7 Å². The van der Waals surface area contributed by atoms with E-state index in [4.69, 9.17) is 10.5 Å². The van der Waals surface area contributed by atoms with Crippen LogP contribution in [0.2, 0.25) is 0 Å². The van der Waals surface area contributed by atoms with Gasteiger partial charge >= 0.3 is 0 Å². The van der Waals surface area contributed by atoms with Crippen molar-refractivity contribution in [1.29, 1.82) is 0 Å². The third kappa shape index (κ3) is 4.63. The third-order valence-corrected chi connectivity index (χ3v) is 4.24. The first kappa shape index (κ1) is 18.1. The fourth-order valence-corrected chi connectivity index (χ4v) is 3.10. The number of primary amides is 1. The number of carbonyl (C=O) groups is 2. The summed E-state index contributed by atoms with van der Waals surface area (Å²) in [5.41, 5.74) is 6.41. The van der Waals surface area contributed by atoms with Crippen molar-refractivity contribution in [2.45, 2.75) is 32.7 Å². The molecule has 0 bridgehead atoms. The third-order valence-electron chi connectivity index (χ3n) is 4.24. The number of nitrogens with two attached hydrogens (primary N) is 1. The Morgan fingerprint density at radius 2 is 2.08 bits per heavy atom. The van der Waals surface area contributed by atoms with Gasteiger partial charge in [-0.15, -0.1) is 0 Å². The number of rotatable bonds is 6. The minimum atomic E-state index is -0.356. The van der Waals surface area contributed by atoms with Crippen LogP contribution < -0.4 is 15.4 Å². The maximum atomic E-state index is 12.4. The molecule has 0 aliphatic carbocycles. The van der Waals surface area contributed by atoms with Crippen LogP contribution in [0.4, 0.5) is 5.69 Å². The molecule has 0 aromatic heterocycles. The summed E-state index contributed by atoms with van der Waals surface area (Å²) in [6.45, 7) is 5.91. The lowest BCUT2D eigenvalue weighted by molar-refractivity contribution is -0.133. The van der Waals surface area contributed by atoms with E-state index in [1.807, 2.05) is 43.0 Å². The molecule has 2 N–H and O–H groups in total. The topological polar surface area (TPSA) is 75.9 Å². The number of amides is 2. The highest BCUT2D eigenvalue weighted by Gasteiger charge is 2.31. The molecule has 0 saturated carbocycles. The molecular weight excluding hydrogens is 306 g/mol. The smallest absolute Gasteiger partial charge is 0.222 e. The molecule has 6 nitrogen and oxygen atoms in total. The van der Waals surface area contributed by atoms with E-state index in [0.717, 1.165) is 11.4 Å². The van der Waals surface area contributed by atoms with E-state index in [0.29, 0.717) is 32.0 Å². The molecule has 1 aromatic rings. The Kier molecular flexibility index (Phi) is 6.06. The Morgan fingerprint density at radius 3 is 2.71 bits per heavy atom. The maximum absolute atomic E-state index is 12.4. The summed E-state index contributed by atoms with van der Waals surface area (Å²) in [7, 11) is 1.63. The van der Waals surface area contributed by atoms with Gasteiger partial charge in [-0.3, -0.25) is 9.59 Å². The van der Waals surface area contributed by atoms with Gasteiger partial charge in [-0.2, -0.15) is 0 Å². The second kappa shape index (κ2) is 8.04. The summed E-state index contributed by atoms with van der Waals surface area (Å²) in [6, 6.07) is 7.63. The van der Waals surface area contributed by atoms with E-state index >= 15 is 0 Å². The first-order chi connectivity index (χ1) is 11.4. The number of ether oxygens (including phenoxy) is 1. The number of methoxy groups -OCH3 is 1. The fraction of sp³-hybridized carbons (Fsp3) is 0.556.